The molecule has 3 aromatic rings. The smallest absolute Gasteiger partial charge is 0.276 e. The van der Waals surface area contributed by atoms with Crippen molar-refractivity contribution in [3.8, 4) is 0 Å². The Morgan fingerprint density at radius 1 is 0.940 bits per heavy atom. The summed E-state index contributed by atoms with van der Waals surface area (Å²) in [6.45, 7) is 2.76. The molecule has 1 saturated heterocycles. The monoisotopic (exact) mass is 722 g/mol. The van der Waals surface area contributed by atoms with Crippen LogP contribution in [0.4, 0.5) is 4.39 Å². The number of aromatic nitrogens is 2. The molecule has 2 heterocycles. The average Bonchev–Trinajstić information content (AvgIpc) is 3.88. The molecule has 2 unspecified atom stereocenters. The van der Waals surface area contributed by atoms with E-state index in [1.165, 1.54) is 10.7 Å². The summed E-state index contributed by atoms with van der Waals surface area (Å²) < 4.78 is 16.5. The van der Waals surface area contributed by atoms with E-state index in [1.807, 2.05) is 52.9 Å². The molecule has 3 fully saturated rings. The van der Waals surface area contributed by atoms with Gasteiger partial charge in [-0.3, -0.25) is 19.2 Å². The summed E-state index contributed by atoms with van der Waals surface area (Å²) in [5.74, 6) is -0.370. The number of rotatable bonds is 13. The highest BCUT2D eigenvalue weighted by molar-refractivity contribution is 8.76. The van der Waals surface area contributed by atoms with Gasteiger partial charge in [0.1, 0.15) is 12.5 Å². The van der Waals surface area contributed by atoms with Crippen LogP contribution in [0.5, 0.6) is 0 Å². The zero-order chi connectivity index (χ0) is 35.4. The van der Waals surface area contributed by atoms with Crippen LogP contribution in [0.2, 0.25) is 0 Å². The number of hydrogen-bond acceptors (Lipinski definition) is 8. The molecule has 10 nitrogen and oxygen atoms in total. The molecule has 0 spiro atoms. The van der Waals surface area contributed by atoms with Crippen LogP contribution in [0, 0.1) is 17.7 Å². The molecule has 2 saturated carbocycles. The average molecular weight is 723 g/mol. The Bertz CT molecular complexity index is 1770. The Labute approximate surface area is 301 Å². The first-order valence-corrected chi connectivity index (χ1v) is 20.2. The van der Waals surface area contributed by atoms with Gasteiger partial charge in [0.25, 0.3) is 11.5 Å². The summed E-state index contributed by atoms with van der Waals surface area (Å²) in [7, 11) is 7.58. The van der Waals surface area contributed by atoms with Crippen molar-refractivity contribution in [3.05, 3.63) is 75.5 Å². The Hall–Kier alpha value is -3.42. The van der Waals surface area contributed by atoms with Crippen molar-refractivity contribution in [2.75, 3.05) is 59.6 Å². The van der Waals surface area contributed by atoms with Crippen molar-refractivity contribution < 1.29 is 18.8 Å². The van der Waals surface area contributed by atoms with Crippen LogP contribution in [0.25, 0.3) is 10.8 Å². The van der Waals surface area contributed by atoms with Gasteiger partial charge in [0, 0.05) is 68.7 Å². The van der Waals surface area contributed by atoms with E-state index in [9.17, 15) is 19.2 Å². The van der Waals surface area contributed by atoms with Gasteiger partial charge in [-0.15, -0.1) is 0 Å². The minimum Gasteiger partial charge on any atom is -0.339 e. The zero-order valence-corrected chi connectivity index (χ0v) is 30.8. The van der Waals surface area contributed by atoms with Gasteiger partial charge in [0.15, 0.2) is 0 Å². The zero-order valence-electron chi connectivity index (χ0n) is 29.2. The topological polar surface area (TPSA) is 99.1 Å². The number of benzene rings is 2. The van der Waals surface area contributed by atoms with Crippen LogP contribution in [0.15, 0.2) is 47.3 Å². The quantitative estimate of drug-likeness (QED) is 0.234. The summed E-state index contributed by atoms with van der Waals surface area (Å²) >= 11 is 0. The van der Waals surface area contributed by atoms with E-state index in [2.05, 4.69) is 6.26 Å². The number of halogens is 1. The van der Waals surface area contributed by atoms with Gasteiger partial charge in [0.05, 0.1) is 16.6 Å². The number of fused-ring (bicyclic) bond motifs is 1. The standard InChI is InChI=1S/C37H47FN6O4S2/c1-40(2)14-15-43(34(45)23-25-8-12-28(20-25)50-49-3)24-44-37(48)30-7-5-4-6-29(30)33(39-44)22-26-9-13-32(38)31(21-26)36(47)42-18-16-41(17-19-42)35(46)27-10-11-27/h4-7,9,13,21,25,27-28H,8,10-12,14-20,22-24H2,1-3H3. The van der Waals surface area contributed by atoms with Crippen molar-refractivity contribution in [3.63, 3.8) is 0 Å². The SMILES string of the molecule is CSSC1CCC(CC(=O)N(CCN(C)C)Cn2nc(Cc3ccc(F)c(C(=O)N4CCN(C(=O)C5CC5)CC4)c3)c3ccccc3c2=O)C1. The normalized spacial score (nSPS) is 19.4. The molecule has 2 aliphatic carbocycles. The predicted molar refractivity (Wildman–Crippen MR) is 198 cm³/mol. The molecule has 268 valence electrons. The molecule has 0 bridgehead atoms. The summed E-state index contributed by atoms with van der Waals surface area (Å²) in [4.78, 5) is 60.7. The van der Waals surface area contributed by atoms with Gasteiger partial charge in [-0.2, -0.15) is 5.10 Å². The summed E-state index contributed by atoms with van der Waals surface area (Å²) in [5.41, 5.74) is 0.982. The fraction of sp³-hybridized carbons (Fsp3) is 0.541. The first-order valence-electron chi connectivity index (χ1n) is 17.6. The van der Waals surface area contributed by atoms with Crippen molar-refractivity contribution in [2.24, 2.45) is 11.8 Å². The number of nitrogens with zero attached hydrogens (tertiary/aromatic N) is 6. The van der Waals surface area contributed by atoms with Crippen LogP contribution in [-0.4, -0.2) is 112 Å². The second-order valence-electron chi connectivity index (χ2n) is 14.0. The first kappa shape index (κ1) is 36.4. The molecule has 3 amide bonds. The minimum atomic E-state index is -0.603. The van der Waals surface area contributed by atoms with Crippen molar-refractivity contribution in [1.29, 1.82) is 0 Å². The fourth-order valence-electron chi connectivity index (χ4n) is 7.03. The maximum Gasteiger partial charge on any atom is 0.276 e. The molecular weight excluding hydrogens is 676 g/mol. The van der Waals surface area contributed by atoms with Gasteiger partial charge >= 0.3 is 0 Å². The van der Waals surface area contributed by atoms with Gasteiger partial charge in [-0.1, -0.05) is 45.9 Å². The molecular formula is C37H47FN6O4S2. The van der Waals surface area contributed by atoms with E-state index < -0.39 is 11.7 Å². The van der Waals surface area contributed by atoms with Gasteiger partial charge < -0.3 is 19.6 Å². The number of carbonyl (C=O) groups is 3. The van der Waals surface area contributed by atoms with E-state index in [-0.39, 0.29) is 41.9 Å². The lowest BCUT2D eigenvalue weighted by Gasteiger charge is -2.35. The molecule has 0 radical (unpaired) electrons. The number of piperazine rings is 1. The molecule has 50 heavy (non-hydrogen) atoms. The molecule has 1 aromatic heterocycles. The Morgan fingerprint density at radius 3 is 2.36 bits per heavy atom. The predicted octanol–water partition coefficient (Wildman–Crippen LogP) is 4.74. The van der Waals surface area contributed by atoms with Crippen LogP contribution in [-0.2, 0) is 22.7 Å². The third-order valence-corrected chi connectivity index (χ3v) is 12.3. The van der Waals surface area contributed by atoms with E-state index in [4.69, 9.17) is 5.10 Å². The highest BCUT2D eigenvalue weighted by Crippen LogP contribution is 2.40. The molecule has 1 aliphatic heterocycles. The van der Waals surface area contributed by atoms with Crippen LogP contribution >= 0.6 is 21.6 Å². The van der Waals surface area contributed by atoms with Crippen LogP contribution < -0.4 is 5.56 Å². The fourth-order valence-corrected chi connectivity index (χ4v) is 9.23. The maximum atomic E-state index is 15.1. The second kappa shape index (κ2) is 16.3. The highest BCUT2D eigenvalue weighted by Gasteiger charge is 2.35. The van der Waals surface area contributed by atoms with Crippen molar-refractivity contribution in [1.82, 2.24) is 29.4 Å². The molecule has 2 atom stereocenters. The van der Waals surface area contributed by atoms with E-state index in [0.717, 1.165) is 32.1 Å². The lowest BCUT2D eigenvalue weighted by molar-refractivity contribution is -0.135. The van der Waals surface area contributed by atoms with E-state index in [1.54, 1.807) is 38.8 Å². The van der Waals surface area contributed by atoms with Gasteiger partial charge in [-0.25, -0.2) is 9.07 Å². The number of carbonyl (C=O) groups excluding carboxylic acids is 3. The summed E-state index contributed by atoms with van der Waals surface area (Å²) in [6.07, 6.45) is 7.83. The third kappa shape index (κ3) is 8.71. The van der Waals surface area contributed by atoms with E-state index in [0.29, 0.717) is 78.9 Å². The van der Waals surface area contributed by atoms with Gasteiger partial charge in [0.2, 0.25) is 11.8 Å². The molecule has 0 N–H and O–H groups in total. The van der Waals surface area contributed by atoms with Crippen molar-refractivity contribution in [2.45, 2.75) is 56.9 Å². The van der Waals surface area contributed by atoms with Crippen LogP contribution in [0.1, 0.15) is 60.1 Å². The maximum absolute atomic E-state index is 15.1. The first-order chi connectivity index (χ1) is 24.1. The largest absolute Gasteiger partial charge is 0.339 e. The molecule has 2 aromatic carbocycles. The third-order valence-electron chi connectivity index (χ3n) is 10.0. The van der Waals surface area contributed by atoms with Crippen LogP contribution in [0.3, 0.4) is 0 Å². The number of hydrogen-bond donors (Lipinski definition) is 0. The Morgan fingerprint density at radius 2 is 1.66 bits per heavy atom. The van der Waals surface area contributed by atoms with Gasteiger partial charge in [-0.05, 0) is 82.1 Å². The lowest BCUT2D eigenvalue weighted by atomic mass is 10.0. The van der Waals surface area contributed by atoms with E-state index >= 15 is 4.39 Å². The molecule has 3 aliphatic rings. The summed E-state index contributed by atoms with van der Waals surface area (Å²) in [6, 6.07) is 11.8. The Balaban J connectivity index is 1.22. The second-order valence-corrected chi connectivity index (χ2v) is 16.8. The van der Waals surface area contributed by atoms with Crippen molar-refractivity contribution >= 4 is 50.1 Å². The summed E-state index contributed by atoms with van der Waals surface area (Å²) in [5, 5.41) is 6.54. The number of amides is 3. The lowest BCUT2D eigenvalue weighted by Crippen LogP contribution is -2.51. The Kier molecular flexibility index (Phi) is 11.8. The number of likely N-dealkylation sites (N-methyl/N-ethyl adjacent to an activating group) is 1. The molecule has 13 heteroatoms. The minimum absolute atomic E-state index is 0.0207. The molecule has 6 rings (SSSR count). The highest BCUT2D eigenvalue weighted by atomic mass is 33.1.